The first-order valence-electron chi connectivity index (χ1n) is 7.00. The Bertz CT molecular complexity index is 656. The molecule has 0 spiro atoms. The minimum absolute atomic E-state index is 0.0196. The molecule has 20 heavy (non-hydrogen) atoms. The summed E-state index contributed by atoms with van der Waals surface area (Å²) in [5.74, 6) is 0. The summed E-state index contributed by atoms with van der Waals surface area (Å²) in [6.07, 6.45) is 0. The van der Waals surface area contributed by atoms with Crippen molar-refractivity contribution < 1.29 is 0 Å². The van der Waals surface area contributed by atoms with E-state index in [0.29, 0.717) is 12.6 Å². The van der Waals surface area contributed by atoms with Gasteiger partial charge in [-0.1, -0.05) is 32.0 Å². The van der Waals surface area contributed by atoms with E-state index in [0.717, 1.165) is 16.8 Å². The van der Waals surface area contributed by atoms with Crippen LogP contribution >= 0.6 is 0 Å². The van der Waals surface area contributed by atoms with Crippen molar-refractivity contribution in [1.82, 2.24) is 10.3 Å². The molecular weight excluding hydrogens is 248 g/mol. The average Bonchev–Trinajstić information content (AvgIpc) is 2.40. The molecule has 2 rings (SSSR count). The predicted molar refractivity (Wildman–Crippen MR) is 83.9 cm³/mol. The SMILES string of the molecule is Cc1ccc(-c2ccc(CNC(C)C)c(=O)[nH]2)cc1C. The Morgan fingerprint density at radius 3 is 2.45 bits per heavy atom. The fourth-order valence-electron chi connectivity index (χ4n) is 2.03. The van der Waals surface area contributed by atoms with Crippen LogP contribution in [0.15, 0.2) is 35.1 Å². The van der Waals surface area contributed by atoms with Gasteiger partial charge in [0, 0.05) is 23.8 Å². The molecule has 0 bridgehead atoms. The molecule has 3 heteroatoms. The van der Waals surface area contributed by atoms with Gasteiger partial charge in [-0.15, -0.1) is 0 Å². The van der Waals surface area contributed by atoms with E-state index in [1.54, 1.807) is 0 Å². The highest BCUT2D eigenvalue weighted by Crippen LogP contribution is 2.19. The van der Waals surface area contributed by atoms with Gasteiger partial charge in [-0.2, -0.15) is 0 Å². The number of rotatable bonds is 4. The summed E-state index contributed by atoms with van der Waals surface area (Å²) in [5, 5.41) is 3.26. The van der Waals surface area contributed by atoms with Crippen molar-refractivity contribution >= 4 is 0 Å². The third-order valence-corrected chi connectivity index (χ3v) is 3.51. The average molecular weight is 270 g/mol. The lowest BCUT2D eigenvalue weighted by molar-refractivity contribution is 0.586. The molecule has 0 saturated carbocycles. The third-order valence-electron chi connectivity index (χ3n) is 3.51. The minimum atomic E-state index is -0.0196. The number of hydrogen-bond donors (Lipinski definition) is 2. The zero-order valence-corrected chi connectivity index (χ0v) is 12.6. The van der Waals surface area contributed by atoms with Gasteiger partial charge in [0.1, 0.15) is 0 Å². The lowest BCUT2D eigenvalue weighted by Gasteiger charge is -2.09. The Morgan fingerprint density at radius 2 is 1.85 bits per heavy atom. The number of benzene rings is 1. The summed E-state index contributed by atoms with van der Waals surface area (Å²) in [5.41, 5.74) is 5.16. The van der Waals surface area contributed by atoms with E-state index in [-0.39, 0.29) is 5.56 Å². The van der Waals surface area contributed by atoms with Crippen LogP contribution in [-0.2, 0) is 6.54 Å². The van der Waals surface area contributed by atoms with Crippen LogP contribution in [0.2, 0.25) is 0 Å². The van der Waals surface area contributed by atoms with Crippen LogP contribution in [-0.4, -0.2) is 11.0 Å². The molecule has 0 atom stereocenters. The van der Waals surface area contributed by atoms with E-state index in [1.165, 1.54) is 11.1 Å². The molecule has 1 aromatic heterocycles. The van der Waals surface area contributed by atoms with Crippen molar-refractivity contribution in [3.8, 4) is 11.3 Å². The normalized spacial score (nSPS) is 11.1. The second kappa shape index (κ2) is 6.06. The fraction of sp³-hybridized carbons (Fsp3) is 0.353. The molecule has 1 heterocycles. The second-order valence-corrected chi connectivity index (χ2v) is 5.56. The molecule has 0 fully saturated rings. The van der Waals surface area contributed by atoms with Gasteiger partial charge in [-0.25, -0.2) is 0 Å². The molecule has 106 valence electrons. The summed E-state index contributed by atoms with van der Waals surface area (Å²) in [4.78, 5) is 15.0. The Balaban J connectivity index is 2.28. The van der Waals surface area contributed by atoms with E-state index in [1.807, 2.05) is 18.2 Å². The molecule has 0 aliphatic heterocycles. The maximum absolute atomic E-state index is 12.1. The summed E-state index contributed by atoms with van der Waals surface area (Å²) in [6.45, 7) is 8.90. The number of hydrogen-bond acceptors (Lipinski definition) is 2. The van der Waals surface area contributed by atoms with E-state index in [9.17, 15) is 4.79 Å². The topological polar surface area (TPSA) is 44.9 Å². The molecule has 0 aliphatic carbocycles. The maximum Gasteiger partial charge on any atom is 0.252 e. The summed E-state index contributed by atoms with van der Waals surface area (Å²) < 4.78 is 0. The fourth-order valence-corrected chi connectivity index (χ4v) is 2.03. The molecule has 1 aromatic carbocycles. The van der Waals surface area contributed by atoms with Crippen molar-refractivity contribution in [2.45, 2.75) is 40.3 Å². The lowest BCUT2D eigenvalue weighted by Crippen LogP contribution is -2.26. The number of aromatic nitrogens is 1. The zero-order valence-electron chi connectivity index (χ0n) is 12.6. The largest absolute Gasteiger partial charge is 0.322 e. The third kappa shape index (κ3) is 3.36. The Labute approximate surface area is 120 Å². The van der Waals surface area contributed by atoms with Gasteiger partial charge >= 0.3 is 0 Å². The number of aryl methyl sites for hydroxylation is 2. The van der Waals surface area contributed by atoms with E-state index in [4.69, 9.17) is 0 Å². The van der Waals surface area contributed by atoms with Crippen molar-refractivity contribution in [2.24, 2.45) is 0 Å². The maximum atomic E-state index is 12.1. The molecule has 2 aromatic rings. The monoisotopic (exact) mass is 270 g/mol. The molecular formula is C17H22N2O. The van der Waals surface area contributed by atoms with Crippen LogP contribution in [0.3, 0.4) is 0 Å². The Kier molecular flexibility index (Phi) is 4.40. The lowest BCUT2D eigenvalue weighted by atomic mass is 10.0. The molecule has 0 amide bonds. The summed E-state index contributed by atoms with van der Waals surface area (Å²) in [7, 11) is 0. The summed E-state index contributed by atoms with van der Waals surface area (Å²) >= 11 is 0. The number of pyridine rings is 1. The number of H-pyrrole nitrogens is 1. The second-order valence-electron chi connectivity index (χ2n) is 5.56. The van der Waals surface area contributed by atoms with Crippen LogP contribution in [0.25, 0.3) is 11.3 Å². The van der Waals surface area contributed by atoms with Crippen LogP contribution < -0.4 is 10.9 Å². The van der Waals surface area contributed by atoms with Crippen molar-refractivity contribution in [3.63, 3.8) is 0 Å². The van der Waals surface area contributed by atoms with Gasteiger partial charge in [0.2, 0.25) is 0 Å². The molecule has 3 nitrogen and oxygen atoms in total. The molecule has 0 aliphatic rings. The summed E-state index contributed by atoms with van der Waals surface area (Å²) in [6, 6.07) is 10.5. The van der Waals surface area contributed by atoms with Gasteiger partial charge in [0.25, 0.3) is 5.56 Å². The van der Waals surface area contributed by atoms with Crippen LogP contribution in [0, 0.1) is 13.8 Å². The molecule has 0 radical (unpaired) electrons. The minimum Gasteiger partial charge on any atom is -0.322 e. The van der Waals surface area contributed by atoms with Crippen molar-refractivity contribution in [3.05, 3.63) is 57.4 Å². The van der Waals surface area contributed by atoms with E-state index < -0.39 is 0 Å². The van der Waals surface area contributed by atoms with Gasteiger partial charge in [-0.05, 0) is 42.7 Å². The van der Waals surface area contributed by atoms with Crippen LogP contribution in [0.1, 0.15) is 30.5 Å². The van der Waals surface area contributed by atoms with Gasteiger partial charge < -0.3 is 10.3 Å². The Hall–Kier alpha value is -1.87. The first-order valence-corrected chi connectivity index (χ1v) is 7.00. The highest BCUT2D eigenvalue weighted by atomic mass is 16.1. The highest BCUT2D eigenvalue weighted by Gasteiger charge is 2.05. The predicted octanol–water partition coefficient (Wildman–Crippen LogP) is 3.16. The van der Waals surface area contributed by atoms with Crippen LogP contribution in [0.4, 0.5) is 0 Å². The molecule has 0 saturated heterocycles. The van der Waals surface area contributed by atoms with Crippen molar-refractivity contribution in [1.29, 1.82) is 0 Å². The van der Waals surface area contributed by atoms with Crippen molar-refractivity contribution in [2.75, 3.05) is 0 Å². The zero-order chi connectivity index (χ0) is 14.7. The van der Waals surface area contributed by atoms with Crippen LogP contribution in [0.5, 0.6) is 0 Å². The number of nitrogens with one attached hydrogen (secondary N) is 2. The smallest absolute Gasteiger partial charge is 0.252 e. The Morgan fingerprint density at radius 1 is 1.10 bits per heavy atom. The quantitative estimate of drug-likeness (QED) is 0.896. The number of aromatic amines is 1. The van der Waals surface area contributed by atoms with E-state index >= 15 is 0 Å². The van der Waals surface area contributed by atoms with Gasteiger partial charge in [0.05, 0.1) is 0 Å². The first kappa shape index (κ1) is 14.5. The first-order chi connectivity index (χ1) is 9.47. The molecule has 0 unspecified atom stereocenters. The van der Waals surface area contributed by atoms with E-state index in [2.05, 4.69) is 50.1 Å². The van der Waals surface area contributed by atoms with Gasteiger partial charge in [0.15, 0.2) is 0 Å². The molecule has 2 N–H and O–H groups in total. The highest BCUT2D eigenvalue weighted by molar-refractivity contribution is 5.60. The standard InChI is InChI=1S/C17H22N2O/c1-11(2)18-10-15-7-8-16(19-17(15)20)14-6-5-12(3)13(4)9-14/h5-9,11,18H,10H2,1-4H3,(H,19,20). The van der Waals surface area contributed by atoms with Gasteiger partial charge in [-0.3, -0.25) is 4.79 Å².